The van der Waals surface area contributed by atoms with Gasteiger partial charge in [0.05, 0.1) is 0 Å². The minimum atomic E-state index is 0.0660. The van der Waals surface area contributed by atoms with E-state index in [0.29, 0.717) is 6.54 Å². The third kappa shape index (κ3) is 3.56. The van der Waals surface area contributed by atoms with Gasteiger partial charge in [0.2, 0.25) is 0 Å². The Morgan fingerprint density at radius 1 is 1.19 bits per heavy atom. The Bertz CT molecular complexity index is 350. The fourth-order valence-electron chi connectivity index (χ4n) is 1.40. The quantitative estimate of drug-likeness (QED) is 0.852. The molecule has 0 aromatic carbocycles. The molecule has 0 saturated carbocycles. The average molecular weight is 221 g/mol. The summed E-state index contributed by atoms with van der Waals surface area (Å²) < 4.78 is 0. The molecule has 0 amide bonds. The van der Waals surface area contributed by atoms with Gasteiger partial charge in [-0.05, 0) is 18.0 Å². The first kappa shape index (κ1) is 13.1. The van der Waals surface area contributed by atoms with Gasteiger partial charge in [-0.1, -0.05) is 34.6 Å². The molecular formula is C13H23N3. The van der Waals surface area contributed by atoms with Crippen LogP contribution >= 0.6 is 0 Å². The molecule has 0 unspecified atom stereocenters. The highest BCUT2D eigenvalue weighted by molar-refractivity contribution is 5.12. The van der Waals surface area contributed by atoms with Crippen LogP contribution in [0, 0.1) is 5.41 Å². The second-order valence-corrected chi connectivity index (χ2v) is 6.15. The smallest absolute Gasteiger partial charge is 0.129 e. The van der Waals surface area contributed by atoms with Gasteiger partial charge in [0, 0.05) is 23.7 Å². The fourth-order valence-corrected chi connectivity index (χ4v) is 1.40. The Hall–Kier alpha value is -0.960. The van der Waals surface area contributed by atoms with Gasteiger partial charge in [-0.15, -0.1) is 0 Å². The lowest BCUT2D eigenvalue weighted by Gasteiger charge is -2.23. The Labute approximate surface area is 98.5 Å². The van der Waals surface area contributed by atoms with E-state index in [1.165, 1.54) is 0 Å². The summed E-state index contributed by atoms with van der Waals surface area (Å²) in [6.07, 6.45) is 2.67. The monoisotopic (exact) mass is 221 g/mol. The van der Waals surface area contributed by atoms with Crippen LogP contribution in [0.2, 0.25) is 0 Å². The van der Waals surface area contributed by atoms with E-state index in [2.05, 4.69) is 44.6 Å². The van der Waals surface area contributed by atoms with Crippen LogP contribution in [0.25, 0.3) is 0 Å². The molecule has 0 fully saturated rings. The number of nitrogens with two attached hydrogens (primary N) is 1. The second-order valence-electron chi connectivity index (χ2n) is 6.15. The van der Waals surface area contributed by atoms with Crippen molar-refractivity contribution in [3.63, 3.8) is 0 Å². The summed E-state index contributed by atoms with van der Waals surface area (Å²) in [7, 11) is 0. The number of hydrogen-bond donors (Lipinski definition) is 1. The van der Waals surface area contributed by atoms with E-state index in [0.717, 1.165) is 17.9 Å². The van der Waals surface area contributed by atoms with E-state index >= 15 is 0 Å². The van der Waals surface area contributed by atoms with E-state index in [-0.39, 0.29) is 10.8 Å². The normalized spacial score (nSPS) is 12.9. The molecule has 0 aliphatic rings. The van der Waals surface area contributed by atoms with E-state index in [1.807, 2.05) is 12.3 Å². The molecule has 3 nitrogen and oxygen atoms in total. The van der Waals surface area contributed by atoms with Crippen LogP contribution < -0.4 is 5.73 Å². The number of nitrogens with zero attached hydrogens (tertiary/aromatic N) is 2. The molecule has 0 saturated heterocycles. The molecule has 90 valence electrons. The van der Waals surface area contributed by atoms with Gasteiger partial charge in [-0.3, -0.25) is 0 Å². The van der Waals surface area contributed by atoms with E-state index in [9.17, 15) is 0 Å². The number of hydrogen-bond acceptors (Lipinski definition) is 3. The first-order chi connectivity index (χ1) is 7.24. The van der Waals surface area contributed by atoms with Crippen LogP contribution in [0.3, 0.4) is 0 Å². The van der Waals surface area contributed by atoms with Gasteiger partial charge in [-0.25, -0.2) is 9.97 Å². The summed E-state index contributed by atoms with van der Waals surface area (Å²) in [4.78, 5) is 8.93. The van der Waals surface area contributed by atoms with Crippen molar-refractivity contribution in [1.82, 2.24) is 9.97 Å². The van der Waals surface area contributed by atoms with Crippen molar-refractivity contribution in [1.29, 1.82) is 0 Å². The standard InChI is InChI=1S/C13H23N3/c1-12(2,3)10-6-7-15-11(16-10)8-13(4,5)9-14/h6-7H,8-9,14H2,1-5H3. The molecule has 0 radical (unpaired) electrons. The third-order valence-corrected chi connectivity index (χ3v) is 2.66. The lowest BCUT2D eigenvalue weighted by Crippen LogP contribution is -2.27. The molecule has 3 heteroatoms. The van der Waals surface area contributed by atoms with E-state index in [1.54, 1.807) is 0 Å². The summed E-state index contributed by atoms with van der Waals surface area (Å²) in [5.74, 6) is 0.892. The van der Waals surface area contributed by atoms with Gasteiger partial charge in [0.25, 0.3) is 0 Å². The Morgan fingerprint density at radius 3 is 2.31 bits per heavy atom. The van der Waals surface area contributed by atoms with E-state index in [4.69, 9.17) is 5.73 Å². The predicted molar refractivity (Wildman–Crippen MR) is 67.3 cm³/mol. The predicted octanol–water partition coefficient (Wildman–Crippen LogP) is 2.30. The molecular weight excluding hydrogens is 198 g/mol. The maximum Gasteiger partial charge on any atom is 0.129 e. The molecule has 0 spiro atoms. The van der Waals surface area contributed by atoms with Gasteiger partial charge in [0.15, 0.2) is 0 Å². The molecule has 1 aromatic heterocycles. The van der Waals surface area contributed by atoms with Crippen LogP contribution in [-0.2, 0) is 11.8 Å². The molecule has 0 aliphatic carbocycles. The largest absolute Gasteiger partial charge is 0.330 e. The van der Waals surface area contributed by atoms with Gasteiger partial charge < -0.3 is 5.73 Å². The first-order valence-corrected chi connectivity index (χ1v) is 5.77. The minimum Gasteiger partial charge on any atom is -0.330 e. The van der Waals surface area contributed by atoms with Crippen molar-refractivity contribution < 1.29 is 0 Å². The molecule has 2 N–H and O–H groups in total. The Morgan fingerprint density at radius 2 is 1.81 bits per heavy atom. The van der Waals surface area contributed by atoms with Crippen molar-refractivity contribution in [3.8, 4) is 0 Å². The topological polar surface area (TPSA) is 51.8 Å². The van der Waals surface area contributed by atoms with Crippen LogP contribution in [0.4, 0.5) is 0 Å². The van der Waals surface area contributed by atoms with Crippen molar-refractivity contribution in [2.24, 2.45) is 11.1 Å². The van der Waals surface area contributed by atoms with Gasteiger partial charge in [0.1, 0.15) is 5.82 Å². The number of aromatic nitrogens is 2. The minimum absolute atomic E-state index is 0.0660. The fraction of sp³-hybridized carbons (Fsp3) is 0.692. The van der Waals surface area contributed by atoms with Gasteiger partial charge >= 0.3 is 0 Å². The van der Waals surface area contributed by atoms with Crippen molar-refractivity contribution in [2.75, 3.05) is 6.54 Å². The summed E-state index contributed by atoms with van der Waals surface area (Å²) in [6, 6.07) is 1.99. The highest BCUT2D eigenvalue weighted by Crippen LogP contribution is 2.22. The van der Waals surface area contributed by atoms with Crippen LogP contribution in [-0.4, -0.2) is 16.5 Å². The molecule has 1 rings (SSSR count). The highest BCUT2D eigenvalue weighted by atomic mass is 14.9. The third-order valence-electron chi connectivity index (χ3n) is 2.66. The highest BCUT2D eigenvalue weighted by Gasteiger charge is 2.20. The second kappa shape index (κ2) is 4.50. The molecule has 0 bridgehead atoms. The zero-order chi connectivity index (χ0) is 12.4. The van der Waals surface area contributed by atoms with E-state index < -0.39 is 0 Å². The van der Waals surface area contributed by atoms with Crippen LogP contribution in [0.15, 0.2) is 12.3 Å². The molecule has 0 aliphatic heterocycles. The summed E-state index contributed by atoms with van der Waals surface area (Å²) in [5.41, 5.74) is 6.95. The van der Waals surface area contributed by atoms with Crippen LogP contribution in [0.5, 0.6) is 0 Å². The SMILES string of the molecule is CC(C)(CN)Cc1nccc(C(C)(C)C)n1. The lowest BCUT2D eigenvalue weighted by atomic mass is 9.88. The van der Waals surface area contributed by atoms with Gasteiger partial charge in [-0.2, -0.15) is 0 Å². The Balaban J connectivity index is 2.92. The molecule has 16 heavy (non-hydrogen) atoms. The lowest BCUT2D eigenvalue weighted by molar-refractivity contribution is 0.366. The van der Waals surface area contributed by atoms with Crippen LogP contribution in [0.1, 0.15) is 46.1 Å². The first-order valence-electron chi connectivity index (χ1n) is 5.77. The van der Waals surface area contributed by atoms with Crippen molar-refractivity contribution in [3.05, 3.63) is 23.8 Å². The summed E-state index contributed by atoms with van der Waals surface area (Å²) >= 11 is 0. The zero-order valence-electron chi connectivity index (χ0n) is 11.0. The maximum atomic E-state index is 5.72. The summed E-state index contributed by atoms with van der Waals surface area (Å²) in [5, 5.41) is 0. The molecule has 0 atom stereocenters. The number of rotatable bonds is 3. The maximum absolute atomic E-state index is 5.72. The zero-order valence-corrected chi connectivity index (χ0v) is 11.0. The molecule has 1 heterocycles. The van der Waals surface area contributed by atoms with Crippen molar-refractivity contribution >= 4 is 0 Å². The summed E-state index contributed by atoms with van der Waals surface area (Å²) in [6.45, 7) is 11.4. The molecule has 1 aromatic rings. The van der Waals surface area contributed by atoms with Crippen molar-refractivity contribution in [2.45, 2.75) is 46.5 Å². The Kier molecular flexibility index (Phi) is 3.68. The average Bonchev–Trinajstić information content (AvgIpc) is 2.16.